The molecule has 0 amide bonds. The van der Waals surface area contributed by atoms with E-state index < -0.39 is 0 Å². The van der Waals surface area contributed by atoms with E-state index in [1.165, 1.54) is 31.5 Å². The van der Waals surface area contributed by atoms with E-state index in [1.54, 1.807) is 0 Å². The van der Waals surface area contributed by atoms with Crippen LogP contribution in [0, 0.1) is 0 Å². The van der Waals surface area contributed by atoms with Gasteiger partial charge in [0.1, 0.15) is 0 Å². The molecule has 3 heteroatoms. The van der Waals surface area contributed by atoms with Crippen LogP contribution >= 0.6 is 11.3 Å². The summed E-state index contributed by atoms with van der Waals surface area (Å²) in [7, 11) is 0. The van der Waals surface area contributed by atoms with Crippen LogP contribution in [0.2, 0.25) is 0 Å². The fourth-order valence-electron chi connectivity index (χ4n) is 2.76. The Morgan fingerprint density at radius 3 is 3.00 bits per heavy atom. The summed E-state index contributed by atoms with van der Waals surface area (Å²) in [5, 5.41) is 13.2. The molecule has 0 aromatic carbocycles. The Balaban J connectivity index is 1.77. The molecule has 2 rings (SSSR count). The van der Waals surface area contributed by atoms with Crippen molar-refractivity contribution in [2.24, 2.45) is 0 Å². The normalized spacial score (nSPS) is 25.5. The Kier molecular flexibility index (Phi) is 5.01. The number of likely N-dealkylation sites (tertiary alicyclic amines) is 1. The van der Waals surface area contributed by atoms with Crippen molar-refractivity contribution in [1.29, 1.82) is 0 Å². The molecule has 1 saturated heterocycles. The maximum Gasteiger partial charge on any atom is 0.0431 e. The number of rotatable bonds is 6. The third kappa shape index (κ3) is 3.54. The van der Waals surface area contributed by atoms with Gasteiger partial charge in [-0.05, 0) is 67.5 Å². The molecule has 0 aliphatic carbocycles. The summed E-state index contributed by atoms with van der Waals surface area (Å²) in [4.78, 5) is 2.61. The van der Waals surface area contributed by atoms with Crippen LogP contribution in [-0.2, 0) is 0 Å². The lowest BCUT2D eigenvalue weighted by molar-refractivity contribution is 0.248. The highest BCUT2D eigenvalue weighted by molar-refractivity contribution is 7.07. The summed E-state index contributed by atoms with van der Waals surface area (Å²) in [6, 6.07) is 2.99. The molecule has 2 atom stereocenters. The lowest BCUT2D eigenvalue weighted by Crippen LogP contribution is -2.28. The molecule has 1 aliphatic heterocycles. The Morgan fingerprint density at radius 2 is 2.29 bits per heavy atom. The number of unbranched alkanes of at least 4 members (excludes halogenated alkanes) is 2. The first-order valence-electron chi connectivity index (χ1n) is 6.68. The molecule has 1 aromatic heterocycles. The zero-order chi connectivity index (χ0) is 12.1. The standard InChI is InChI=1S/C14H23NOS/c1-12-9-14(13-5-8-17-11-13)10-15(12)6-3-2-4-7-16/h5,8,11-12,14,16H,2-4,6-7,9-10H2,1H3. The number of aliphatic hydroxyl groups excluding tert-OH is 1. The van der Waals surface area contributed by atoms with Gasteiger partial charge in [-0.1, -0.05) is 0 Å². The molecule has 17 heavy (non-hydrogen) atoms. The Labute approximate surface area is 108 Å². The Bertz CT molecular complexity index is 312. The second kappa shape index (κ2) is 6.53. The molecule has 1 aliphatic rings. The summed E-state index contributed by atoms with van der Waals surface area (Å²) in [6.07, 6.45) is 4.64. The molecule has 2 unspecified atom stereocenters. The maximum absolute atomic E-state index is 8.76. The minimum absolute atomic E-state index is 0.340. The van der Waals surface area contributed by atoms with Crippen LogP contribution in [0.3, 0.4) is 0 Å². The average Bonchev–Trinajstić information content (AvgIpc) is 2.94. The molecule has 1 fully saturated rings. The van der Waals surface area contributed by atoms with Crippen LogP contribution < -0.4 is 0 Å². The highest BCUT2D eigenvalue weighted by atomic mass is 32.1. The van der Waals surface area contributed by atoms with E-state index in [2.05, 4.69) is 28.7 Å². The average molecular weight is 253 g/mol. The van der Waals surface area contributed by atoms with Crippen molar-refractivity contribution in [3.8, 4) is 0 Å². The third-order valence-corrected chi connectivity index (χ3v) is 4.52. The number of hydrogen-bond acceptors (Lipinski definition) is 3. The minimum Gasteiger partial charge on any atom is -0.396 e. The van der Waals surface area contributed by atoms with Crippen LogP contribution in [0.4, 0.5) is 0 Å². The molecule has 2 heterocycles. The fourth-order valence-corrected chi connectivity index (χ4v) is 3.50. The number of aliphatic hydroxyl groups is 1. The van der Waals surface area contributed by atoms with Gasteiger partial charge in [-0.2, -0.15) is 11.3 Å². The van der Waals surface area contributed by atoms with Crippen LogP contribution in [0.1, 0.15) is 44.1 Å². The van der Waals surface area contributed by atoms with Crippen LogP contribution in [0.25, 0.3) is 0 Å². The van der Waals surface area contributed by atoms with E-state index in [0.29, 0.717) is 12.6 Å². The predicted octanol–water partition coefficient (Wildman–Crippen LogP) is 3.09. The first-order valence-corrected chi connectivity index (χ1v) is 7.62. The minimum atomic E-state index is 0.340. The zero-order valence-corrected chi connectivity index (χ0v) is 11.5. The van der Waals surface area contributed by atoms with Gasteiger partial charge in [0.15, 0.2) is 0 Å². The van der Waals surface area contributed by atoms with Gasteiger partial charge in [0.05, 0.1) is 0 Å². The number of thiophene rings is 1. The van der Waals surface area contributed by atoms with Gasteiger partial charge in [0, 0.05) is 19.2 Å². The summed E-state index contributed by atoms with van der Waals surface area (Å²) >= 11 is 1.81. The van der Waals surface area contributed by atoms with Crippen molar-refractivity contribution in [3.63, 3.8) is 0 Å². The monoisotopic (exact) mass is 253 g/mol. The van der Waals surface area contributed by atoms with E-state index >= 15 is 0 Å². The van der Waals surface area contributed by atoms with E-state index in [-0.39, 0.29) is 0 Å². The van der Waals surface area contributed by atoms with Gasteiger partial charge in [0.25, 0.3) is 0 Å². The SMILES string of the molecule is CC1CC(c2ccsc2)CN1CCCCCO. The number of hydrogen-bond donors (Lipinski definition) is 1. The summed E-state index contributed by atoms with van der Waals surface area (Å²) < 4.78 is 0. The van der Waals surface area contributed by atoms with E-state index in [9.17, 15) is 0 Å². The molecule has 2 nitrogen and oxygen atoms in total. The molecular formula is C14H23NOS. The first-order chi connectivity index (χ1) is 8.31. The topological polar surface area (TPSA) is 23.5 Å². The van der Waals surface area contributed by atoms with Crippen molar-refractivity contribution in [1.82, 2.24) is 4.90 Å². The lowest BCUT2D eigenvalue weighted by atomic mass is 10.00. The van der Waals surface area contributed by atoms with Crippen molar-refractivity contribution >= 4 is 11.3 Å². The van der Waals surface area contributed by atoms with Gasteiger partial charge in [-0.25, -0.2) is 0 Å². The summed E-state index contributed by atoms with van der Waals surface area (Å²) in [5.41, 5.74) is 1.53. The molecule has 1 aromatic rings. The largest absolute Gasteiger partial charge is 0.396 e. The molecule has 0 radical (unpaired) electrons. The van der Waals surface area contributed by atoms with E-state index in [1.807, 2.05) is 11.3 Å². The van der Waals surface area contributed by atoms with E-state index in [4.69, 9.17) is 5.11 Å². The van der Waals surface area contributed by atoms with Gasteiger partial charge in [-0.3, -0.25) is 0 Å². The fraction of sp³-hybridized carbons (Fsp3) is 0.714. The molecule has 0 bridgehead atoms. The lowest BCUT2D eigenvalue weighted by Gasteiger charge is -2.20. The van der Waals surface area contributed by atoms with Gasteiger partial charge in [0.2, 0.25) is 0 Å². The Hall–Kier alpha value is -0.380. The van der Waals surface area contributed by atoms with Crippen molar-refractivity contribution < 1.29 is 5.11 Å². The number of nitrogens with zero attached hydrogens (tertiary/aromatic N) is 1. The smallest absolute Gasteiger partial charge is 0.0431 e. The molecule has 0 spiro atoms. The first kappa shape index (κ1) is 13.1. The highest BCUT2D eigenvalue weighted by Crippen LogP contribution is 2.32. The third-order valence-electron chi connectivity index (χ3n) is 3.82. The quantitative estimate of drug-likeness (QED) is 0.788. The van der Waals surface area contributed by atoms with Crippen LogP contribution in [0.15, 0.2) is 16.8 Å². The second-order valence-corrected chi connectivity index (χ2v) is 5.90. The van der Waals surface area contributed by atoms with Gasteiger partial charge >= 0.3 is 0 Å². The molecule has 0 saturated carbocycles. The van der Waals surface area contributed by atoms with Gasteiger partial charge < -0.3 is 10.0 Å². The van der Waals surface area contributed by atoms with Gasteiger partial charge in [-0.15, -0.1) is 0 Å². The summed E-state index contributed by atoms with van der Waals surface area (Å²) in [5.74, 6) is 0.745. The molecule has 96 valence electrons. The van der Waals surface area contributed by atoms with Crippen molar-refractivity contribution in [3.05, 3.63) is 22.4 Å². The summed E-state index contributed by atoms with van der Waals surface area (Å²) in [6.45, 7) is 5.10. The van der Waals surface area contributed by atoms with E-state index in [0.717, 1.165) is 18.8 Å². The zero-order valence-electron chi connectivity index (χ0n) is 10.6. The predicted molar refractivity (Wildman–Crippen MR) is 73.6 cm³/mol. The van der Waals surface area contributed by atoms with Crippen LogP contribution in [-0.4, -0.2) is 35.7 Å². The van der Waals surface area contributed by atoms with Crippen molar-refractivity contribution in [2.75, 3.05) is 19.7 Å². The maximum atomic E-state index is 8.76. The highest BCUT2D eigenvalue weighted by Gasteiger charge is 2.29. The molecule has 1 N–H and O–H groups in total. The van der Waals surface area contributed by atoms with Crippen molar-refractivity contribution in [2.45, 2.75) is 44.6 Å². The molecular weight excluding hydrogens is 230 g/mol. The second-order valence-electron chi connectivity index (χ2n) is 5.12. The Morgan fingerprint density at radius 1 is 1.41 bits per heavy atom. The van der Waals surface area contributed by atoms with Crippen LogP contribution in [0.5, 0.6) is 0 Å².